The van der Waals surface area contributed by atoms with Crippen molar-refractivity contribution < 1.29 is 9.53 Å². The summed E-state index contributed by atoms with van der Waals surface area (Å²) in [7, 11) is 5.72. The number of rotatable bonds is 6. The number of carbonyl (C=O) groups is 1. The molecule has 0 heterocycles. The van der Waals surface area contributed by atoms with E-state index in [9.17, 15) is 4.79 Å². The summed E-state index contributed by atoms with van der Waals surface area (Å²) in [5.74, 6) is 2.00. The number of carbonyl (C=O) groups excluding carboxylic acids is 1. The average Bonchev–Trinajstić information content (AvgIpc) is 3.15. The van der Waals surface area contributed by atoms with Crippen LogP contribution in [0.5, 0.6) is 5.75 Å². The highest BCUT2D eigenvalue weighted by Crippen LogP contribution is 2.47. The fraction of sp³-hybridized carbons (Fsp3) is 0.632. The average molecular weight is 404 g/mol. The minimum atomic E-state index is -0.00290. The van der Waals surface area contributed by atoms with Gasteiger partial charge in [0.05, 0.1) is 19.1 Å². The van der Waals surface area contributed by atoms with Gasteiger partial charge in [-0.2, -0.15) is 0 Å². The molecule has 5 unspecified atom stereocenters. The standard InChI is InChI=1S/C19H29N3O2.2ClH/c1-22(2)16(12-5-4-6-15(10-12)24-3)11-21-19(23)17-13-7-8-14(9-13)18(17)20;;/h4-6,10,13-14,16-18H,7-9,11,20H2,1-3H3,(H,21,23);2*1H. The number of nitrogens with one attached hydrogen (secondary N) is 1. The number of benzene rings is 1. The molecule has 0 aromatic heterocycles. The lowest BCUT2D eigenvalue weighted by atomic mass is 9.84. The van der Waals surface area contributed by atoms with E-state index in [2.05, 4.69) is 16.3 Å². The van der Waals surface area contributed by atoms with Crippen molar-refractivity contribution in [3.05, 3.63) is 29.8 Å². The summed E-state index contributed by atoms with van der Waals surface area (Å²) in [6.45, 7) is 0.583. The third-order valence-electron chi connectivity index (χ3n) is 5.85. The summed E-state index contributed by atoms with van der Waals surface area (Å²) < 4.78 is 5.32. The summed E-state index contributed by atoms with van der Waals surface area (Å²) in [4.78, 5) is 14.8. The third-order valence-corrected chi connectivity index (χ3v) is 5.85. The van der Waals surface area contributed by atoms with Crippen LogP contribution in [0.15, 0.2) is 24.3 Å². The van der Waals surface area contributed by atoms with Gasteiger partial charge in [0.2, 0.25) is 5.91 Å². The van der Waals surface area contributed by atoms with Gasteiger partial charge in [-0.3, -0.25) is 4.79 Å². The second kappa shape index (κ2) is 9.79. The number of nitrogens with two attached hydrogens (primary N) is 1. The number of likely N-dealkylation sites (N-methyl/N-ethyl adjacent to an activating group) is 1. The Morgan fingerprint density at radius 3 is 2.58 bits per heavy atom. The molecule has 2 saturated carbocycles. The molecule has 0 spiro atoms. The third kappa shape index (κ3) is 4.63. The summed E-state index contributed by atoms with van der Waals surface area (Å²) in [5.41, 5.74) is 7.43. The molecular weight excluding hydrogens is 373 g/mol. The summed E-state index contributed by atoms with van der Waals surface area (Å²) in [5, 5.41) is 3.16. The molecule has 2 aliphatic carbocycles. The Hall–Kier alpha value is -1.01. The number of halogens is 2. The quantitative estimate of drug-likeness (QED) is 0.765. The molecule has 0 aliphatic heterocycles. The Labute approximate surface area is 168 Å². The van der Waals surface area contributed by atoms with Crippen LogP contribution < -0.4 is 15.8 Å². The van der Waals surface area contributed by atoms with Gasteiger partial charge in [0.25, 0.3) is 0 Å². The van der Waals surface area contributed by atoms with Crippen molar-refractivity contribution in [3.63, 3.8) is 0 Å². The fourth-order valence-electron chi connectivity index (χ4n) is 4.49. The monoisotopic (exact) mass is 403 g/mol. The Morgan fingerprint density at radius 2 is 2.00 bits per heavy atom. The Morgan fingerprint density at radius 1 is 1.31 bits per heavy atom. The van der Waals surface area contributed by atoms with Crippen LogP contribution in [0.2, 0.25) is 0 Å². The predicted molar refractivity (Wildman–Crippen MR) is 109 cm³/mol. The first-order valence-electron chi connectivity index (χ1n) is 8.85. The van der Waals surface area contributed by atoms with Gasteiger partial charge in [-0.05, 0) is 62.9 Å². The minimum absolute atomic E-state index is 0. The second-order valence-electron chi connectivity index (χ2n) is 7.44. The lowest BCUT2D eigenvalue weighted by molar-refractivity contribution is -0.127. The van der Waals surface area contributed by atoms with Crippen LogP contribution in [0.25, 0.3) is 0 Å². The van der Waals surface area contributed by atoms with Crippen LogP contribution >= 0.6 is 24.8 Å². The molecule has 0 saturated heterocycles. The van der Waals surface area contributed by atoms with E-state index in [-0.39, 0.29) is 48.7 Å². The molecule has 1 amide bonds. The first kappa shape index (κ1) is 23.0. The summed E-state index contributed by atoms with van der Waals surface area (Å²) in [6, 6.07) is 8.17. The molecule has 0 radical (unpaired) electrons. The Bertz CT molecular complexity index is 598. The predicted octanol–water partition coefficient (Wildman–Crippen LogP) is 2.63. The number of amides is 1. The number of hydrogen-bond donors (Lipinski definition) is 2. The van der Waals surface area contributed by atoms with Crippen molar-refractivity contribution in [2.24, 2.45) is 23.5 Å². The van der Waals surface area contributed by atoms with Crippen LogP contribution in [-0.4, -0.2) is 44.6 Å². The van der Waals surface area contributed by atoms with E-state index >= 15 is 0 Å². The lowest BCUT2D eigenvalue weighted by Gasteiger charge is -2.29. The van der Waals surface area contributed by atoms with Crippen LogP contribution in [0, 0.1) is 17.8 Å². The van der Waals surface area contributed by atoms with Crippen LogP contribution in [0.4, 0.5) is 0 Å². The highest BCUT2D eigenvalue weighted by molar-refractivity contribution is 5.85. The molecule has 1 aromatic rings. The maximum absolute atomic E-state index is 12.7. The van der Waals surface area contributed by atoms with Crippen molar-refractivity contribution >= 4 is 30.7 Å². The lowest BCUT2D eigenvalue weighted by Crippen LogP contribution is -2.46. The van der Waals surface area contributed by atoms with Gasteiger partial charge < -0.3 is 20.7 Å². The molecule has 7 heteroatoms. The van der Waals surface area contributed by atoms with E-state index in [0.29, 0.717) is 18.4 Å². The fourth-order valence-corrected chi connectivity index (χ4v) is 4.49. The molecule has 2 aliphatic rings. The van der Waals surface area contributed by atoms with Crippen molar-refractivity contribution in [1.82, 2.24) is 10.2 Å². The molecule has 3 rings (SSSR count). The van der Waals surface area contributed by atoms with Crippen LogP contribution in [-0.2, 0) is 4.79 Å². The zero-order chi connectivity index (χ0) is 17.3. The molecule has 3 N–H and O–H groups in total. The largest absolute Gasteiger partial charge is 0.497 e. The Balaban J connectivity index is 0.00000169. The van der Waals surface area contributed by atoms with Crippen LogP contribution in [0.1, 0.15) is 30.9 Å². The molecular formula is C19H31Cl2N3O2. The number of fused-ring (bicyclic) bond motifs is 2. The van der Waals surface area contributed by atoms with Gasteiger partial charge in [0.15, 0.2) is 0 Å². The summed E-state index contributed by atoms with van der Waals surface area (Å²) in [6.07, 6.45) is 3.48. The van der Waals surface area contributed by atoms with Gasteiger partial charge in [-0.15, -0.1) is 24.8 Å². The topological polar surface area (TPSA) is 67.6 Å². The smallest absolute Gasteiger partial charge is 0.225 e. The maximum atomic E-state index is 12.7. The Kier molecular flexibility index (Phi) is 8.67. The molecule has 1 aromatic carbocycles. The van der Waals surface area contributed by atoms with E-state index in [1.807, 2.05) is 32.3 Å². The normalized spacial score (nSPS) is 27.4. The SMILES string of the molecule is COc1cccc(C(CNC(=O)C2C3CCC(C3)C2N)N(C)C)c1.Cl.Cl. The van der Waals surface area contributed by atoms with E-state index in [1.54, 1.807) is 7.11 Å². The van der Waals surface area contributed by atoms with Crippen molar-refractivity contribution in [3.8, 4) is 5.75 Å². The zero-order valence-corrected chi connectivity index (χ0v) is 17.3. The first-order chi connectivity index (χ1) is 11.5. The van der Waals surface area contributed by atoms with E-state index in [0.717, 1.165) is 24.2 Å². The van der Waals surface area contributed by atoms with Crippen molar-refractivity contribution in [1.29, 1.82) is 0 Å². The van der Waals surface area contributed by atoms with Gasteiger partial charge >= 0.3 is 0 Å². The zero-order valence-electron chi connectivity index (χ0n) is 15.7. The number of hydrogen-bond acceptors (Lipinski definition) is 4. The number of ether oxygens (including phenoxy) is 1. The minimum Gasteiger partial charge on any atom is -0.497 e. The molecule has 5 nitrogen and oxygen atoms in total. The number of methoxy groups -OCH3 is 1. The van der Waals surface area contributed by atoms with Gasteiger partial charge in [0, 0.05) is 12.6 Å². The molecule has 5 atom stereocenters. The van der Waals surface area contributed by atoms with E-state index in [4.69, 9.17) is 10.5 Å². The molecule has 26 heavy (non-hydrogen) atoms. The van der Waals surface area contributed by atoms with Crippen molar-refractivity contribution in [2.45, 2.75) is 31.3 Å². The first-order valence-corrected chi connectivity index (χ1v) is 8.85. The highest BCUT2D eigenvalue weighted by Gasteiger charge is 2.49. The summed E-state index contributed by atoms with van der Waals surface area (Å²) >= 11 is 0. The number of nitrogens with zero attached hydrogens (tertiary/aromatic N) is 1. The van der Waals surface area contributed by atoms with E-state index < -0.39 is 0 Å². The molecule has 2 fully saturated rings. The molecule has 2 bridgehead atoms. The van der Waals surface area contributed by atoms with Gasteiger partial charge in [-0.25, -0.2) is 0 Å². The second-order valence-corrected chi connectivity index (χ2v) is 7.44. The van der Waals surface area contributed by atoms with Gasteiger partial charge in [0.1, 0.15) is 5.75 Å². The molecule has 148 valence electrons. The maximum Gasteiger partial charge on any atom is 0.225 e. The van der Waals surface area contributed by atoms with E-state index in [1.165, 1.54) is 6.42 Å². The van der Waals surface area contributed by atoms with Crippen molar-refractivity contribution in [2.75, 3.05) is 27.7 Å². The highest BCUT2D eigenvalue weighted by atomic mass is 35.5. The van der Waals surface area contributed by atoms with Crippen LogP contribution in [0.3, 0.4) is 0 Å². The van der Waals surface area contributed by atoms with Gasteiger partial charge in [-0.1, -0.05) is 12.1 Å².